The minimum atomic E-state index is -4.01. The maximum Gasteiger partial charge on any atom is 0.346 e. The molecule has 9 heteroatoms. The number of aromatic nitrogens is 1. The van der Waals surface area contributed by atoms with Crippen LogP contribution in [-0.4, -0.2) is 34.8 Å². The topological polar surface area (TPSA) is 84.0 Å². The van der Waals surface area contributed by atoms with Gasteiger partial charge in [0.05, 0.1) is 24.4 Å². The van der Waals surface area contributed by atoms with Crippen molar-refractivity contribution in [2.24, 2.45) is 0 Å². The molecule has 0 N–H and O–H groups in total. The number of hydrogen-bond donors (Lipinski definition) is 0. The predicted octanol–water partition coefficient (Wildman–Crippen LogP) is 8.63. The van der Waals surface area contributed by atoms with Crippen LogP contribution in [0.2, 0.25) is 0 Å². The van der Waals surface area contributed by atoms with Crippen molar-refractivity contribution in [2.45, 2.75) is 144 Å². The third kappa shape index (κ3) is 9.97. The maximum atomic E-state index is 14.5. The molecule has 0 atom stereocenters. The van der Waals surface area contributed by atoms with Crippen LogP contribution in [0.3, 0.4) is 0 Å². The summed E-state index contributed by atoms with van der Waals surface area (Å²) in [6.07, 6.45) is -1.66. The normalized spacial score (nSPS) is 14.2. The van der Waals surface area contributed by atoms with Crippen LogP contribution in [0, 0.1) is 0 Å². The van der Waals surface area contributed by atoms with Crippen molar-refractivity contribution in [1.29, 1.82) is 0 Å². The Bertz CT molecular complexity index is 846. The van der Waals surface area contributed by atoms with Gasteiger partial charge in [0.1, 0.15) is 0 Å². The van der Waals surface area contributed by atoms with Crippen LogP contribution in [0.5, 0.6) is 0 Å². The van der Waals surface area contributed by atoms with Gasteiger partial charge in [0.2, 0.25) is 0 Å². The molecule has 0 amide bonds. The minimum Gasteiger partial charge on any atom is -0.305 e. The average Bonchev–Trinajstić information content (AvgIpc) is 2.61. The van der Waals surface area contributed by atoms with Crippen molar-refractivity contribution in [2.75, 3.05) is 0 Å². The molecule has 0 aliphatic heterocycles. The van der Waals surface area contributed by atoms with Gasteiger partial charge in [-0.25, -0.2) is 0 Å². The summed E-state index contributed by atoms with van der Waals surface area (Å²) < 4.78 is 52.9. The van der Waals surface area contributed by atoms with Crippen molar-refractivity contribution in [3.63, 3.8) is 0 Å². The predicted molar refractivity (Wildman–Crippen MR) is 149 cm³/mol. The average molecular weight is 548 g/mol. The Balaban J connectivity index is 3.92. The molecule has 0 radical (unpaired) electrons. The fourth-order valence-corrected chi connectivity index (χ4v) is 9.47. The Labute approximate surface area is 220 Å². The highest BCUT2D eigenvalue weighted by atomic mass is 31.2. The Morgan fingerprint density at radius 3 is 1.31 bits per heavy atom. The van der Waals surface area contributed by atoms with Crippen LogP contribution >= 0.6 is 15.2 Å². The second-order valence-electron chi connectivity index (χ2n) is 12.6. The van der Waals surface area contributed by atoms with E-state index < -0.39 is 45.0 Å². The van der Waals surface area contributed by atoms with E-state index in [4.69, 9.17) is 23.1 Å². The molecule has 0 saturated heterocycles. The molecule has 0 fully saturated rings. The van der Waals surface area contributed by atoms with Crippen LogP contribution in [-0.2, 0) is 44.5 Å². The highest BCUT2D eigenvalue weighted by molar-refractivity contribution is 7.72. The fourth-order valence-electron chi connectivity index (χ4n) is 3.60. The molecule has 0 spiro atoms. The molecule has 1 rings (SSSR count). The summed E-state index contributed by atoms with van der Waals surface area (Å²) >= 11 is 0. The molecule has 0 aliphatic rings. The molecule has 36 heavy (non-hydrogen) atoms. The summed E-state index contributed by atoms with van der Waals surface area (Å²) in [5.41, 5.74) is 2.27. The van der Waals surface area contributed by atoms with E-state index in [1.165, 1.54) is 0 Å². The van der Waals surface area contributed by atoms with E-state index in [0.29, 0.717) is 5.69 Å². The standard InChI is InChI=1S/C27H51NO6P2/c1-18(2)31-35(29,32-19(3)4)25(36(30,33-20(5)6)34-21(7)8)17-23-15-22(26(9,10)11)16-24(28-23)27(12,13)14/h15-16,18-21,25H,17H2,1-14H3. The zero-order valence-electron chi connectivity index (χ0n) is 25.0. The van der Waals surface area contributed by atoms with Crippen LogP contribution in [0.1, 0.15) is 114 Å². The van der Waals surface area contributed by atoms with Crippen molar-refractivity contribution < 1.29 is 27.2 Å². The van der Waals surface area contributed by atoms with Gasteiger partial charge in [-0.3, -0.25) is 14.1 Å². The first kappa shape index (κ1) is 33.5. The summed E-state index contributed by atoms with van der Waals surface area (Å²) in [5.74, 6) is 0. The zero-order valence-corrected chi connectivity index (χ0v) is 26.8. The number of rotatable bonds is 12. The summed E-state index contributed by atoms with van der Waals surface area (Å²) in [6.45, 7) is 27.0. The summed E-state index contributed by atoms with van der Waals surface area (Å²) in [7, 11) is -8.01. The smallest absolute Gasteiger partial charge is 0.305 e. The minimum absolute atomic E-state index is 0.0560. The molecule has 0 aromatic carbocycles. The van der Waals surface area contributed by atoms with E-state index in [9.17, 15) is 9.13 Å². The highest BCUT2D eigenvalue weighted by Gasteiger charge is 2.53. The largest absolute Gasteiger partial charge is 0.346 e. The molecule has 1 aromatic rings. The second-order valence-corrected chi connectivity index (χ2v) is 17.3. The van der Waals surface area contributed by atoms with E-state index in [0.717, 1.165) is 11.3 Å². The molecule has 0 aliphatic carbocycles. The zero-order chi connectivity index (χ0) is 28.3. The molecule has 210 valence electrons. The maximum absolute atomic E-state index is 14.5. The van der Waals surface area contributed by atoms with Gasteiger partial charge in [-0.1, -0.05) is 41.5 Å². The molecule has 0 saturated carbocycles. The van der Waals surface area contributed by atoms with Crippen LogP contribution in [0.15, 0.2) is 12.1 Å². The quantitative estimate of drug-likeness (QED) is 0.242. The van der Waals surface area contributed by atoms with E-state index in [1.54, 1.807) is 55.4 Å². The summed E-state index contributed by atoms with van der Waals surface area (Å²) in [5, 5.41) is -1.19. The van der Waals surface area contributed by atoms with Crippen molar-refractivity contribution in [3.05, 3.63) is 29.1 Å². The van der Waals surface area contributed by atoms with Crippen molar-refractivity contribution in [3.8, 4) is 0 Å². The monoisotopic (exact) mass is 547 g/mol. The highest BCUT2D eigenvalue weighted by Crippen LogP contribution is 2.72. The van der Waals surface area contributed by atoms with Gasteiger partial charge >= 0.3 is 15.2 Å². The van der Waals surface area contributed by atoms with E-state index in [1.807, 2.05) is 6.07 Å². The van der Waals surface area contributed by atoms with Gasteiger partial charge < -0.3 is 18.1 Å². The van der Waals surface area contributed by atoms with Gasteiger partial charge in [-0.15, -0.1) is 0 Å². The van der Waals surface area contributed by atoms with Crippen LogP contribution in [0.25, 0.3) is 0 Å². The number of nitrogens with zero attached hydrogens (tertiary/aromatic N) is 1. The molecule has 0 unspecified atom stereocenters. The Morgan fingerprint density at radius 1 is 0.667 bits per heavy atom. The molecular weight excluding hydrogens is 496 g/mol. The lowest BCUT2D eigenvalue weighted by molar-refractivity contribution is 0.122. The Kier molecular flexibility index (Phi) is 11.7. The van der Waals surface area contributed by atoms with Gasteiger partial charge in [-0.2, -0.15) is 0 Å². The molecule has 0 bridgehead atoms. The van der Waals surface area contributed by atoms with Gasteiger partial charge in [-0.05, 0) is 78.5 Å². The first-order chi connectivity index (χ1) is 16.1. The van der Waals surface area contributed by atoms with Gasteiger partial charge in [0.15, 0.2) is 5.40 Å². The molecule has 1 heterocycles. The third-order valence-electron chi connectivity index (χ3n) is 5.07. The molecular formula is C27H51NO6P2. The molecule has 1 aromatic heterocycles. The van der Waals surface area contributed by atoms with Gasteiger partial charge in [0.25, 0.3) is 0 Å². The lowest BCUT2D eigenvalue weighted by Gasteiger charge is -2.35. The summed E-state index contributed by atoms with van der Waals surface area (Å²) in [4.78, 5) is 4.94. The first-order valence-corrected chi connectivity index (χ1v) is 16.3. The number of pyridine rings is 1. The first-order valence-electron chi connectivity index (χ1n) is 13.0. The van der Waals surface area contributed by atoms with Crippen LogP contribution < -0.4 is 0 Å². The molecule has 7 nitrogen and oxygen atoms in total. The Morgan fingerprint density at radius 2 is 1.03 bits per heavy atom. The second kappa shape index (κ2) is 12.5. The van der Waals surface area contributed by atoms with Crippen LogP contribution in [0.4, 0.5) is 0 Å². The SMILES string of the molecule is CC(C)OP(=O)(OC(C)C)C(Cc1cc(C(C)(C)C)cc(C(C)(C)C)n1)P(=O)(OC(C)C)OC(C)C. The summed E-state index contributed by atoms with van der Waals surface area (Å²) in [6, 6.07) is 4.11. The van der Waals surface area contributed by atoms with Crippen molar-refractivity contribution >= 4 is 15.2 Å². The lowest BCUT2D eigenvalue weighted by Crippen LogP contribution is -2.26. The van der Waals surface area contributed by atoms with Crippen molar-refractivity contribution in [1.82, 2.24) is 4.98 Å². The van der Waals surface area contributed by atoms with E-state index >= 15 is 0 Å². The Hall–Kier alpha value is -0.550. The fraction of sp³-hybridized carbons (Fsp3) is 0.815. The van der Waals surface area contributed by atoms with E-state index in [-0.39, 0.29) is 17.3 Å². The van der Waals surface area contributed by atoms with E-state index in [2.05, 4.69) is 47.6 Å². The lowest BCUT2D eigenvalue weighted by atomic mass is 9.83. The van der Waals surface area contributed by atoms with Gasteiger partial charge in [0, 0.05) is 23.2 Å². The third-order valence-corrected chi connectivity index (χ3v) is 11.4. The number of hydrogen-bond acceptors (Lipinski definition) is 7.